The summed E-state index contributed by atoms with van der Waals surface area (Å²) in [5.41, 5.74) is 1.30. The van der Waals surface area contributed by atoms with Crippen molar-refractivity contribution in [3.05, 3.63) is 15.6 Å². The first-order valence-electron chi connectivity index (χ1n) is 7.59. The van der Waals surface area contributed by atoms with Crippen LogP contribution in [-0.2, 0) is 13.0 Å². The quantitative estimate of drug-likeness (QED) is 0.873. The molecule has 1 aromatic heterocycles. The van der Waals surface area contributed by atoms with Crippen LogP contribution in [0.4, 0.5) is 0 Å². The summed E-state index contributed by atoms with van der Waals surface area (Å²) in [6, 6.07) is 0.517. The number of hydrogen-bond donors (Lipinski definition) is 1. The second-order valence-electron chi connectivity index (χ2n) is 5.87. The average Bonchev–Trinajstić information content (AvgIpc) is 2.82. The lowest BCUT2D eigenvalue weighted by molar-refractivity contribution is 0.274. The van der Waals surface area contributed by atoms with Crippen LogP contribution in [0.15, 0.2) is 0 Å². The molecule has 114 valence electrons. The number of nitrogens with one attached hydrogen (secondary N) is 1. The first kappa shape index (κ1) is 16.3. The van der Waals surface area contributed by atoms with E-state index in [1.165, 1.54) is 33.6 Å². The van der Waals surface area contributed by atoms with Crippen LogP contribution in [0.1, 0.15) is 42.4 Å². The van der Waals surface area contributed by atoms with Crippen molar-refractivity contribution in [2.75, 3.05) is 31.6 Å². The number of hydrogen-bond acceptors (Lipinski definition) is 5. The minimum Gasteiger partial charge on any atom is -0.312 e. The zero-order valence-electron chi connectivity index (χ0n) is 13.1. The van der Waals surface area contributed by atoms with Gasteiger partial charge in [0.25, 0.3) is 0 Å². The van der Waals surface area contributed by atoms with E-state index in [4.69, 9.17) is 4.98 Å². The van der Waals surface area contributed by atoms with Gasteiger partial charge >= 0.3 is 0 Å². The molecule has 1 N–H and O–H groups in total. The summed E-state index contributed by atoms with van der Waals surface area (Å²) < 4.78 is 0. The van der Waals surface area contributed by atoms with Gasteiger partial charge in [0.2, 0.25) is 0 Å². The van der Waals surface area contributed by atoms with Crippen LogP contribution in [0.3, 0.4) is 0 Å². The number of nitrogens with zero attached hydrogens (tertiary/aromatic N) is 2. The topological polar surface area (TPSA) is 28.2 Å². The number of aromatic nitrogens is 1. The van der Waals surface area contributed by atoms with Crippen molar-refractivity contribution in [3.8, 4) is 0 Å². The SMILES string of the molecule is CCc1nc(C2CSCCN2C)sc1CNCC(C)C. The van der Waals surface area contributed by atoms with Gasteiger partial charge in [-0.2, -0.15) is 11.8 Å². The Hall–Kier alpha value is -0.100. The van der Waals surface area contributed by atoms with Gasteiger partial charge in [-0.05, 0) is 25.9 Å². The van der Waals surface area contributed by atoms with Crippen molar-refractivity contribution in [2.45, 2.75) is 39.8 Å². The minimum absolute atomic E-state index is 0.517. The number of thiazole rings is 1. The van der Waals surface area contributed by atoms with Gasteiger partial charge in [0.05, 0.1) is 11.7 Å². The van der Waals surface area contributed by atoms with Crippen molar-refractivity contribution in [1.82, 2.24) is 15.2 Å². The first-order chi connectivity index (χ1) is 9.61. The predicted molar refractivity (Wildman–Crippen MR) is 90.7 cm³/mol. The second-order valence-corrected chi connectivity index (χ2v) is 8.14. The molecular weight excluding hydrogens is 286 g/mol. The first-order valence-corrected chi connectivity index (χ1v) is 9.56. The molecule has 0 spiro atoms. The summed E-state index contributed by atoms with van der Waals surface area (Å²) in [4.78, 5) is 8.82. The smallest absolute Gasteiger partial charge is 0.111 e. The van der Waals surface area contributed by atoms with Gasteiger partial charge in [-0.25, -0.2) is 4.98 Å². The Morgan fingerprint density at radius 1 is 1.45 bits per heavy atom. The molecule has 0 aliphatic carbocycles. The van der Waals surface area contributed by atoms with E-state index in [0.29, 0.717) is 12.0 Å². The normalized spacial score (nSPS) is 20.8. The van der Waals surface area contributed by atoms with E-state index in [0.717, 1.165) is 19.5 Å². The third-order valence-electron chi connectivity index (χ3n) is 3.65. The largest absolute Gasteiger partial charge is 0.312 e. The van der Waals surface area contributed by atoms with Crippen LogP contribution in [0.25, 0.3) is 0 Å². The molecule has 1 saturated heterocycles. The maximum atomic E-state index is 4.92. The zero-order valence-corrected chi connectivity index (χ0v) is 14.7. The Labute approximate surface area is 131 Å². The van der Waals surface area contributed by atoms with Crippen LogP contribution in [-0.4, -0.2) is 41.5 Å². The van der Waals surface area contributed by atoms with Gasteiger partial charge in [-0.3, -0.25) is 4.90 Å². The monoisotopic (exact) mass is 313 g/mol. The molecule has 0 saturated carbocycles. The van der Waals surface area contributed by atoms with Gasteiger partial charge in [-0.1, -0.05) is 20.8 Å². The highest BCUT2D eigenvalue weighted by Crippen LogP contribution is 2.32. The molecule has 20 heavy (non-hydrogen) atoms. The van der Waals surface area contributed by atoms with Crippen LogP contribution in [0.5, 0.6) is 0 Å². The number of aryl methyl sites for hydroxylation is 1. The molecule has 1 atom stereocenters. The molecule has 5 heteroatoms. The van der Waals surface area contributed by atoms with E-state index in [9.17, 15) is 0 Å². The lowest BCUT2D eigenvalue weighted by atomic mass is 10.2. The van der Waals surface area contributed by atoms with Crippen LogP contribution in [0.2, 0.25) is 0 Å². The Morgan fingerprint density at radius 3 is 2.90 bits per heavy atom. The Balaban J connectivity index is 2.05. The fourth-order valence-corrected chi connectivity index (χ4v) is 5.00. The minimum atomic E-state index is 0.517. The molecule has 2 heterocycles. The highest BCUT2D eigenvalue weighted by Gasteiger charge is 2.25. The van der Waals surface area contributed by atoms with Crippen LogP contribution in [0, 0.1) is 5.92 Å². The van der Waals surface area contributed by atoms with Gasteiger partial charge in [0.1, 0.15) is 5.01 Å². The summed E-state index contributed by atoms with van der Waals surface area (Å²) in [5, 5.41) is 4.87. The average molecular weight is 314 g/mol. The molecule has 0 amide bonds. The molecular formula is C15H27N3S2. The Morgan fingerprint density at radius 2 is 2.25 bits per heavy atom. The molecule has 1 fully saturated rings. The molecule has 0 bridgehead atoms. The Bertz CT molecular complexity index is 417. The van der Waals surface area contributed by atoms with Gasteiger partial charge in [0, 0.05) is 29.5 Å². The predicted octanol–water partition coefficient (Wildman–Crippen LogP) is 3.17. The Kier molecular flexibility index (Phi) is 6.33. The summed E-state index contributed by atoms with van der Waals surface area (Å²) in [5.74, 6) is 3.14. The second kappa shape index (κ2) is 7.78. The van der Waals surface area contributed by atoms with E-state index in [1.54, 1.807) is 0 Å². The summed E-state index contributed by atoms with van der Waals surface area (Å²) >= 11 is 3.97. The van der Waals surface area contributed by atoms with Crippen molar-refractivity contribution in [1.29, 1.82) is 0 Å². The maximum Gasteiger partial charge on any atom is 0.111 e. The van der Waals surface area contributed by atoms with E-state index < -0.39 is 0 Å². The van der Waals surface area contributed by atoms with Crippen molar-refractivity contribution < 1.29 is 0 Å². The molecule has 2 rings (SSSR count). The highest BCUT2D eigenvalue weighted by atomic mass is 32.2. The summed E-state index contributed by atoms with van der Waals surface area (Å²) in [7, 11) is 2.23. The maximum absolute atomic E-state index is 4.92. The van der Waals surface area contributed by atoms with Crippen molar-refractivity contribution in [2.24, 2.45) is 5.92 Å². The number of rotatable bonds is 6. The zero-order chi connectivity index (χ0) is 14.5. The lowest BCUT2D eigenvalue weighted by Crippen LogP contribution is -2.32. The van der Waals surface area contributed by atoms with Gasteiger partial charge in [0.15, 0.2) is 0 Å². The van der Waals surface area contributed by atoms with Crippen LogP contribution < -0.4 is 5.32 Å². The van der Waals surface area contributed by atoms with E-state index in [1.807, 2.05) is 11.3 Å². The molecule has 1 aliphatic heterocycles. The molecule has 1 unspecified atom stereocenters. The third-order valence-corrected chi connectivity index (χ3v) is 5.87. The number of thioether (sulfide) groups is 1. The molecule has 3 nitrogen and oxygen atoms in total. The van der Waals surface area contributed by atoms with E-state index in [-0.39, 0.29) is 0 Å². The highest BCUT2D eigenvalue weighted by molar-refractivity contribution is 7.99. The van der Waals surface area contributed by atoms with Crippen molar-refractivity contribution in [3.63, 3.8) is 0 Å². The fraction of sp³-hybridized carbons (Fsp3) is 0.800. The fourth-order valence-electron chi connectivity index (χ4n) is 2.38. The molecule has 1 aliphatic rings. The summed E-state index contributed by atoms with van der Waals surface area (Å²) in [6.45, 7) is 9.94. The lowest BCUT2D eigenvalue weighted by Gasteiger charge is -2.30. The van der Waals surface area contributed by atoms with Crippen LogP contribution >= 0.6 is 23.1 Å². The molecule has 1 aromatic rings. The molecule has 0 radical (unpaired) electrons. The van der Waals surface area contributed by atoms with Gasteiger partial charge < -0.3 is 5.32 Å². The van der Waals surface area contributed by atoms with E-state index in [2.05, 4.69) is 49.8 Å². The van der Waals surface area contributed by atoms with Gasteiger partial charge in [-0.15, -0.1) is 11.3 Å². The van der Waals surface area contributed by atoms with Crippen molar-refractivity contribution >= 4 is 23.1 Å². The summed E-state index contributed by atoms with van der Waals surface area (Å²) in [6.07, 6.45) is 1.04. The molecule has 0 aromatic carbocycles. The standard InChI is InChI=1S/C15H27N3S2/c1-5-12-14(9-16-8-11(2)3)20-15(17-12)13-10-19-7-6-18(13)4/h11,13,16H,5-10H2,1-4H3. The van der Waals surface area contributed by atoms with E-state index >= 15 is 0 Å². The third kappa shape index (κ3) is 4.20.